The van der Waals surface area contributed by atoms with Crippen molar-refractivity contribution in [2.45, 2.75) is 25.4 Å². The molecule has 2 nitrogen and oxygen atoms in total. The fourth-order valence-electron chi connectivity index (χ4n) is 1.61. The predicted molar refractivity (Wildman–Crippen MR) is 30.2 cm³/mol. The molecule has 0 unspecified atom stereocenters. The molecule has 0 amide bonds. The summed E-state index contributed by atoms with van der Waals surface area (Å²) in [4.78, 5) is 5.22. The van der Waals surface area contributed by atoms with Gasteiger partial charge >= 0.3 is 0 Å². The van der Waals surface area contributed by atoms with E-state index in [1.165, 1.54) is 19.3 Å². The fraction of sp³-hybridized carbons (Fsp3) is 1.00. The third-order valence-electron chi connectivity index (χ3n) is 2.12. The maximum atomic E-state index is 5.22. The summed E-state index contributed by atoms with van der Waals surface area (Å²) in [6, 6.07) is 0. The molecule has 1 aliphatic carbocycles. The predicted octanol–water partition coefficient (Wildman–Crippen LogP) is 0.690. The number of hydroxylamine groups is 1. The van der Waals surface area contributed by atoms with E-state index < -0.39 is 0 Å². The van der Waals surface area contributed by atoms with Crippen LogP contribution in [0.5, 0.6) is 0 Å². The minimum Gasteiger partial charge on any atom is -0.298 e. The molecule has 0 aromatic rings. The second-order valence-corrected chi connectivity index (χ2v) is 2.77. The zero-order chi connectivity index (χ0) is 5.40. The molecule has 8 heavy (non-hydrogen) atoms. The van der Waals surface area contributed by atoms with E-state index in [9.17, 15) is 0 Å². The Kier molecular flexibility index (Phi) is 1.02. The molecule has 2 rings (SSSR count). The molecule has 2 atom stereocenters. The normalized spacial score (nSPS) is 45.0. The highest BCUT2D eigenvalue weighted by molar-refractivity contribution is 4.79. The molecule has 2 aliphatic rings. The van der Waals surface area contributed by atoms with Crippen LogP contribution in [0.3, 0.4) is 0 Å². The lowest BCUT2D eigenvalue weighted by atomic mass is 10.1. The van der Waals surface area contributed by atoms with Crippen molar-refractivity contribution in [3.8, 4) is 0 Å². The van der Waals surface area contributed by atoms with Crippen LogP contribution in [-0.4, -0.2) is 12.6 Å². The Balaban J connectivity index is 2.03. The number of hydrogen-bond acceptors (Lipinski definition) is 2. The second-order valence-electron chi connectivity index (χ2n) is 2.77. The van der Waals surface area contributed by atoms with Gasteiger partial charge in [0.15, 0.2) is 0 Å². The summed E-state index contributed by atoms with van der Waals surface area (Å²) in [5, 5.41) is 0. The number of nitrogens with one attached hydrogen (secondary N) is 1. The van der Waals surface area contributed by atoms with E-state index in [1.807, 2.05) is 0 Å². The first-order valence-electron chi connectivity index (χ1n) is 3.33. The third kappa shape index (κ3) is 0.644. The summed E-state index contributed by atoms with van der Waals surface area (Å²) in [7, 11) is 0. The second kappa shape index (κ2) is 1.71. The molecule has 1 aliphatic heterocycles. The Hall–Kier alpha value is -0.0800. The monoisotopic (exact) mass is 113 g/mol. The van der Waals surface area contributed by atoms with Gasteiger partial charge in [-0.15, -0.1) is 0 Å². The molecule has 0 radical (unpaired) electrons. The molecular formula is C6H11NO. The van der Waals surface area contributed by atoms with Gasteiger partial charge in [0.1, 0.15) is 0 Å². The maximum Gasteiger partial charge on any atom is 0.0793 e. The van der Waals surface area contributed by atoms with E-state index >= 15 is 0 Å². The van der Waals surface area contributed by atoms with Gasteiger partial charge in [-0.05, 0) is 25.2 Å². The van der Waals surface area contributed by atoms with Crippen LogP contribution in [0.25, 0.3) is 0 Å². The molecule has 2 fully saturated rings. The highest BCUT2D eigenvalue weighted by Crippen LogP contribution is 2.29. The molecule has 1 N–H and O–H groups in total. The number of rotatable bonds is 0. The molecule has 0 spiro atoms. The number of fused-ring (bicyclic) bond motifs is 2. The third-order valence-corrected chi connectivity index (χ3v) is 2.12. The van der Waals surface area contributed by atoms with E-state index in [-0.39, 0.29) is 0 Å². The van der Waals surface area contributed by atoms with Crippen molar-refractivity contribution in [1.82, 2.24) is 5.48 Å². The van der Waals surface area contributed by atoms with E-state index in [0.717, 1.165) is 12.5 Å². The van der Waals surface area contributed by atoms with Crippen molar-refractivity contribution in [1.29, 1.82) is 0 Å². The van der Waals surface area contributed by atoms with Crippen molar-refractivity contribution < 1.29 is 4.84 Å². The van der Waals surface area contributed by atoms with Crippen LogP contribution in [0.4, 0.5) is 0 Å². The van der Waals surface area contributed by atoms with Gasteiger partial charge in [-0.1, -0.05) is 0 Å². The Labute approximate surface area is 49.2 Å². The van der Waals surface area contributed by atoms with Gasteiger partial charge in [0.05, 0.1) is 6.10 Å². The van der Waals surface area contributed by atoms with E-state index in [0.29, 0.717) is 6.10 Å². The topological polar surface area (TPSA) is 21.3 Å². The van der Waals surface area contributed by atoms with Crippen LogP contribution >= 0.6 is 0 Å². The summed E-state index contributed by atoms with van der Waals surface area (Å²) >= 11 is 0. The van der Waals surface area contributed by atoms with Gasteiger partial charge in [0.2, 0.25) is 0 Å². The quantitative estimate of drug-likeness (QED) is 0.499. The summed E-state index contributed by atoms with van der Waals surface area (Å²) < 4.78 is 0. The minimum absolute atomic E-state index is 0.550. The van der Waals surface area contributed by atoms with Gasteiger partial charge in [-0.2, -0.15) is 0 Å². The minimum atomic E-state index is 0.550. The largest absolute Gasteiger partial charge is 0.298 e. The Bertz CT molecular complexity index is 80.5. The van der Waals surface area contributed by atoms with Crippen LogP contribution in [-0.2, 0) is 4.84 Å². The highest BCUT2D eigenvalue weighted by Gasteiger charge is 2.29. The Morgan fingerprint density at radius 3 is 3.12 bits per heavy atom. The standard InChI is InChI=1S/C6H11NO/c1-2-6-3-5(1)4-7-8-6/h5-7H,1-4H2/t5-,6-/m0/s1. The molecule has 1 saturated carbocycles. The van der Waals surface area contributed by atoms with Crippen molar-refractivity contribution in [2.75, 3.05) is 6.54 Å². The van der Waals surface area contributed by atoms with E-state index in [4.69, 9.17) is 4.84 Å². The average molecular weight is 113 g/mol. The van der Waals surface area contributed by atoms with Crippen molar-refractivity contribution in [3.63, 3.8) is 0 Å². The Morgan fingerprint density at radius 1 is 1.38 bits per heavy atom. The van der Waals surface area contributed by atoms with Gasteiger partial charge in [0.25, 0.3) is 0 Å². The van der Waals surface area contributed by atoms with Gasteiger partial charge < -0.3 is 0 Å². The maximum absolute atomic E-state index is 5.22. The Morgan fingerprint density at radius 2 is 2.38 bits per heavy atom. The van der Waals surface area contributed by atoms with Crippen molar-refractivity contribution in [2.24, 2.45) is 5.92 Å². The molecule has 1 saturated heterocycles. The molecule has 0 aromatic carbocycles. The first kappa shape index (κ1) is 4.77. The SMILES string of the molecule is C1C[C@H]2C[C@H]1CNO2. The van der Waals surface area contributed by atoms with Crippen LogP contribution in [0, 0.1) is 5.92 Å². The van der Waals surface area contributed by atoms with E-state index in [2.05, 4.69) is 5.48 Å². The van der Waals surface area contributed by atoms with Crippen molar-refractivity contribution >= 4 is 0 Å². The summed E-state index contributed by atoms with van der Waals surface area (Å²) in [6.45, 7) is 1.08. The lowest BCUT2D eigenvalue weighted by molar-refractivity contribution is -0.0472. The van der Waals surface area contributed by atoms with Crippen LogP contribution in [0.2, 0.25) is 0 Å². The molecule has 0 aromatic heterocycles. The smallest absolute Gasteiger partial charge is 0.0793 e. The first-order valence-corrected chi connectivity index (χ1v) is 3.33. The van der Waals surface area contributed by atoms with Gasteiger partial charge in [-0.25, -0.2) is 5.48 Å². The first-order chi connectivity index (χ1) is 3.95. The van der Waals surface area contributed by atoms with Crippen molar-refractivity contribution in [3.05, 3.63) is 0 Å². The fourth-order valence-corrected chi connectivity index (χ4v) is 1.61. The van der Waals surface area contributed by atoms with Crippen LogP contribution in [0.1, 0.15) is 19.3 Å². The lowest BCUT2D eigenvalue weighted by Crippen LogP contribution is -2.30. The highest BCUT2D eigenvalue weighted by atomic mass is 16.7. The van der Waals surface area contributed by atoms with Crippen LogP contribution in [0.15, 0.2) is 0 Å². The molecule has 2 bridgehead atoms. The molecule has 46 valence electrons. The van der Waals surface area contributed by atoms with Gasteiger partial charge in [-0.3, -0.25) is 4.84 Å². The zero-order valence-corrected chi connectivity index (χ0v) is 4.89. The summed E-state index contributed by atoms with van der Waals surface area (Å²) in [6.07, 6.45) is 4.50. The average Bonchev–Trinajstić information content (AvgIpc) is 2.12. The van der Waals surface area contributed by atoms with Crippen LogP contribution < -0.4 is 5.48 Å². The zero-order valence-electron chi connectivity index (χ0n) is 4.89. The summed E-state index contributed by atoms with van der Waals surface area (Å²) in [5.74, 6) is 0.925. The molecular weight excluding hydrogens is 102 g/mol. The number of hydrogen-bond donors (Lipinski definition) is 1. The molecule has 2 heteroatoms. The summed E-state index contributed by atoms with van der Waals surface area (Å²) in [5.41, 5.74) is 2.95. The molecule has 1 heterocycles. The van der Waals surface area contributed by atoms with E-state index in [1.54, 1.807) is 0 Å². The van der Waals surface area contributed by atoms with Gasteiger partial charge in [0, 0.05) is 6.54 Å². The lowest BCUT2D eigenvalue weighted by Gasteiger charge is -2.19.